The highest BCUT2D eigenvalue weighted by atomic mass is 19.1. The smallest absolute Gasteiger partial charge is 0.410 e. The number of ether oxygens (including phenoxy) is 5. The topological polar surface area (TPSA) is 172 Å². The van der Waals surface area contributed by atoms with Gasteiger partial charge in [0.1, 0.15) is 23.5 Å². The van der Waals surface area contributed by atoms with Gasteiger partial charge in [0, 0.05) is 56.7 Å². The molecule has 1 N–H and O–H groups in total. The monoisotopic (exact) mass is 843 g/mol. The van der Waals surface area contributed by atoms with E-state index in [0.29, 0.717) is 32.4 Å². The summed E-state index contributed by atoms with van der Waals surface area (Å²) in [5.41, 5.74) is -4.78. The molecule has 0 aliphatic carbocycles. The molecule has 0 aromatic carbocycles. The second kappa shape index (κ2) is 18.3. The number of likely N-dealkylation sites (N-methyl/N-ethyl adjacent to an activating group) is 1. The van der Waals surface area contributed by atoms with Crippen LogP contribution in [-0.2, 0) is 44.6 Å². The number of nitrogens with zero attached hydrogens (tertiary/aromatic N) is 5. The molecular formula is C44H66FN5O10. The Labute approximate surface area is 353 Å². The van der Waals surface area contributed by atoms with Crippen molar-refractivity contribution >= 4 is 34.8 Å². The van der Waals surface area contributed by atoms with Crippen molar-refractivity contribution in [1.29, 1.82) is 0 Å². The van der Waals surface area contributed by atoms with Gasteiger partial charge in [-0.2, -0.15) is 0 Å². The third kappa shape index (κ3) is 8.90. The van der Waals surface area contributed by atoms with Crippen molar-refractivity contribution in [2.45, 2.75) is 160 Å². The van der Waals surface area contributed by atoms with E-state index >= 15 is 4.39 Å². The number of aromatic nitrogens is 3. The van der Waals surface area contributed by atoms with Crippen molar-refractivity contribution in [2.24, 2.45) is 17.8 Å². The number of carbonyl (C=O) groups is 4. The molecule has 3 aliphatic heterocycles. The van der Waals surface area contributed by atoms with Gasteiger partial charge in [0.05, 0.1) is 30.2 Å². The van der Waals surface area contributed by atoms with E-state index in [4.69, 9.17) is 23.7 Å². The summed E-state index contributed by atoms with van der Waals surface area (Å²) >= 11 is 0. The van der Waals surface area contributed by atoms with Crippen LogP contribution in [0.15, 0.2) is 37.3 Å². The highest BCUT2D eigenvalue weighted by molar-refractivity contribution is 6.08. The molecule has 0 bridgehead atoms. The largest absolute Gasteiger partial charge is 0.455 e. The molecule has 5 heterocycles. The number of unbranched alkanes of at least 4 members (excludes halogenated alkanes) is 1. The van der Waals surface area contributed by atoms with Crippen molar-refractivity contribution in [3.05, 3.63) is 37.3 Å². The van der Waals surface area contributed by atoms with Gasteiger partial charge in [-0.25, -0.2) is 23.9 Å². The van der Waals surface area contributed by atoms with Crippen LogP contribution in [0.4, 0.5) is 9.18 Å². The van der Waals surface area contributed by atoms with E-state index in [1.165, 1.54) is 18.9 Å². The van der Waals surface area contributed by atoms with Crippen LogP contribution in [0.1, 0.15) is 94.4 Å². The Kier molecular flexibility index (Phi) is 14.4. The summed E-state index contributed by atoms with van der Waals surface area (Å²) in [6, 6.07) is 2.32. The van der Waals surface area contributed by atoms with Crippen LogP contribution < -0.4 is 0 Å². The standard InChI is InChI=1S/C44H66FN5O10/c1-13-20-48(11)31-23-27(4)58-44(10,36(31)53)59-37-29(6)35(52)42(8,45)39(54)57-32(14-2)43(9)34(28(5)33(51)26(3)24-41(37,7)56-12)50(40(55)60-43)22-16-15-21-49-25-47-30-18-17-19-46-38(30)49/h13,17-19,25-29,31-32,34,36-37,53H,1,14-16,20-24H2,2-12H3/t26-,27-,28+,29+,31+,32-,34-,36-,37-,41-,42+,43-,44+/m1/s1. The van der Waals surface area contributed by atoms with Crippen LogP contribution in [-0.4, -0.2) is 139 Å². The maximum absolute atomic E-state index is 17.0. The van der Waals surface area contributed by atoms with Crippen LogP contribution in [0.5, 0.6) is 0 Å². The molecule has 13 atom stereocenters. The summed E-state index contributed by atoms with van der Waals surface area (Å²) < 4.78 is 50.1. The first-order valence-electron chi connectivity index (χ1n) is 21.2. The molecule has 2 aromatic rings. The number of cyclic esters (lactones) is 1. The zero-order valence-electron chi connectivity index (χ0n) is 37.2. The molecule has 60 heavy (non-hydrogen) atoms. The number of alkyl halides is 1. The number of amides is 1. The Morgan fingerprint density at radius 1 is 1.07 bits per heavy atom. The van der Waals surface area contributed by atoms with E-state index in [1.807, 2.05) is 35.6 Å². The average Bonchev–Trinajstić information content (AvgIpc) is 3.73. The molecule has 0 spiro atoms. The van der Waals surface area contributed by atoms with E-state index in [1.54, 1.807) is 60.1 Å². The lowest BCUT2D eigenvalue weighted by molar-refractivity contribution is -0.354. The van der Waals surface area contributed by atoms with Gasteiger partial charge < -0.3 is 38.3 Å². The summed E-state index contributed by atoms with van der Waals surface area (Å²) in [6.07, 6.45) is 1.87. The first kappa shape index (κ1) is 47.2. The Hall–Kier alpha value is -3.83. The van der Waals surface area contributed by atoms with E-state index in [9.17, 15) is 24.3 Å². The Balaban J connectivity index is 1.51. The molecule has 3 fully saturated rings. The number of fused-ring (bicyclic) bond motifs is 2. The first-order valence-corrected chi connectivity index (χ1v) is 21.2. The Morgan fingerprint density at radius 2 is 1.75 bits per heavy atom. The number of Topliss-reactive ketones (excluding diaryl/α,β-unsaturated/α-hetero) is 2. The van der Waals surface area contributed by atoms with Crippen molar-refractivity contribution in [1.82, 2.24) is 24.3 Å². The van der Waals surface area contributed by atoms with Gasteiger partial charge in [-0.05, 0) is 85.9 Å². The molecule has 5 rings (SSSR count). The molecule has 0 saturated carbocycles. The average molecular weight is 844 g/mol. The van der Waals surface area contributed by atoms with Crippen LogP contribution in [0.2, 0.25) is 0 Å². The molecule has 334 valence electrons. The molecule has 2 aromatic heterocycles. The number of hydrogen-bond donors (Lipinski definition) is 1. The number of aliphatic hydroxyl groups is 1. The number of carbonyl (C=O) groups excluding carboxylic acids is 4. The lowest BCUT2D eigenvalue weighted by Crippen LogP contribution is -2.65. The third-order valence-corrected chi connectivity index (χ3v) is 13.3. The van der Waals surface area contributed by atoms with Crippen molar-refractivity contribution in [3.63, 3.8) is 0 Å². The summed E-state index contributed by atoms with van der Waals surface area (Å²) in [7, 11) is 3.25. The molecule has 16 heteroatoms. The predicted octanol–water partition coefficient (Wildman–Crippen LogP) is 5.45. The number of halogens is 1. The highest BCUT2D eigenvalue weighted by Gasteiger charge is 2.62. The molecule has 3 aliphatic rings. The minimum atomic E-state index is -3.20. The highest BCUT2D eigenvalue weighted by Crippen LogP contribution is 2.45. The number of hydrogen-bond acceptors (Lipinski definition) is 13. The predicted molar refractivity (Wildman–Crippen MR) is 220 cm³/mol. The summed E-state index contributed by atoms with van der Waals surface area (Å²) in [5, 5.41) is 11.9. The third-order valence-electron chi connectivity index (χ3n) is 13.3. The lowest BCUT2D eigenvalue weighted by Gasteiger charge is -2.52. The van der Waals surface area contributed by atoms with Gasteiger partial charge in [0.2, 0.25) is 0 Å². The van der Waals surface area contributed by atoms with Crippen LogP contribution in [0.25, 0.3) is 11.2 Å². The zero-order chi connectivity index (χ0) is 44.5. The van der Waals surface area contributed by atoms with Crippen LogP contribution >= 0.6 is 0 Å². The van der Waals surface area contributed by atoms with Crippen molar-refractivity contribution < 1.29 is 52.4 Å². The lowest BCUT2D eigenvalue weighted by atomic mass is 9.73. The molecule has 0 unspecified atom stereocenters. The van der Waals surface area contributed by atoms with Crippen molar-refractivity contribution in [3.8, 4) is 0 Å². The quantitative estimate of drug-likeness (QED) is 0.124. The number of aryl methyl sites for hydroxylation is 1. The fraction of sp³-hybridized carbons (Fsp3) is 0.727. The molecule has 0 radical (unpaired) electrons. The van der Waals surface area contributed by atoms with Crippen molar-refractivity contribution in [2.75, 3.05) is 27.2 Å². The SMILES string of the molecule is C=CCN(C)[C@H]1C[C@@H](C)O[C@@](C)(O[C@@H]2[C@@H](C)C(=O)[C@](C)(F)C(=O)O[C@H](CC)[C@@]3(C)OC(=O)N(CCCCn4cnc5cccnc54)[C@@H]3[C@@H](C)C(=O)[C@H](C)C[C@@]2(C)OC)[C@@H]1O. The van der Waals surface area contributed by atoms with Gasteiger partial charge in [0.15, 0.2) is 22.8 Å². The minimum Gasteiger partial charge on any atom is -0.455 e. The number of esters is 1. The number of ketones is 2. The van der Waals surface area contributed by atoms with Crippen LogP contribution in [0.3, 0.4) is 0 Å². The molecular weight excluding hydrogens is 778 g/mol. The fourth-order valence-corrected chi connectivity index (χ4v) is 9.95. The number of aliphatic hydroxyl groups excluding tert-OH is 1. The normalized spacial score (nSPS) is 38.4. The van der Waals surface area contributed by atoms with E-state index in [2.05, 4.69) is 16.5 Å². The van der Waals surface area contributed by atoms with Gasteiger partial charge in [-0.3, -0.25) is 14.5 Å². The summed E-state index contributed by atoms with van der Waals surface area (Å²) in [6.45, 7) is 19.2. The van der Waals surface area contributed by atoms with Gasteiger partial charge >= 0.3 is 12.1 Å². The summed E-state index contributed by atoms with van der Waals surface area (Å²) in [5.74, 6) is -7.63. The van der Waals surface area contributed by atoms with Gasteiger partial charge in [-0.15, -0.1) is 6.58 Å². The number of pyridine rings is 1. The minimum absolute atomic E-state index is 0.0216. The number of rotatable bonds is 12. The Morgan fingerprint density at radius 3 is 2.40 bits per heavy atom. The second-order valence-electron chi connectivity index (χ2n) is 17.9. The maximum atomic E-state index is 17.0. The first-order chi connectivity index (χ1) is 28.1. The molecule has 15 nitrogen and oxygen atoms in total. The molecule has 3 saturated heterocycles. The number of imidazole rings is 1. The van der Waals surface area contributed by atoms with Gasteiger partial charge in [0.25, 0.3) is 5.67 Å². The fourth-order valence-electron chi connectivity index (χ4n) is 9.95. The van der Waals surface area contributed by atoms with Gasteiger partial charge in [-0.1, -0.05) is 33.8 Å². The van der Waals surface area contributed by atoms with E-state index in [0.717, 1.165) is 18.1 Å². The number of methoxy groups -OCH3 is 1. The van der Waals surface area contributed by atoms with E-state index in [-0.39, 0.29) is 25.2 Å². The molecule has 1 amide bonds. The second-order valence-corrected chi connectivity index (χ2v) is 17.9. The zero-order valence-corrected chi connectivity index (χ0v) is 37.2. The Bertz CT molecular complexity index is 1890. The summed E-state index contributed by atoms with van der Waals surface area (Å²) in [4.78, 5) is 69.3. The van der Waals surface area contributed by atoms with E-state index < -0.39 is 94.8 Å². The maximum Gasteiger partial charge on any atom is 0.410 e. The van der Waals surface area contributed by atoms with Crippen LogP contribution in [0, 0.1) is 17.8 Å².